The maximum Gasteiger partial charge on any atom is 0.400 e. The van der Waals surface area contributed by atoms with Crippen molar-refractivity contribution in [1.82, 2.24) is 0 Å². The summed E-state index contributed by atoms with van der Waals surface area (Å²) >= 11 is 5.91. The molecule has 0 unspecified atom stereocenters. The summed E-state index contributed by atoms with van der Waals surface area (Å²) in [5.41, 5.74) is 7.00. The van der Waals surface area contributed by atoms with Gasteiger partial charge in [0.05, 0.1) is 0 Å². The highest BCUT2D eigenvalue weighted by atomic mass is 35.5. The smallest absolute Gasteiger partial charge is 0.400 e. The normalized spacial score (nSPS) is 11.3. The van der Waals surface area contributed by atoms with Crippen molar-refractivity contribution in [3.63, 3.8) is 0 Å². The van der Waals surface area contributed by atoms with Gasteiger partial charge in [-0.3, -0.25) is 0 Å². The summed E-state index contributed by atoms with van der Waals surface area (Å²) in [7, 11) is 0. The Morgan fingerprint density at radius 3 is 2.64 bits per heavy atom. The molecule has 6 nitrogen and oxygen atoms in total. The quantitative estimate of drug-likeness (QED) is 0.285. The maximum absolute atomic E-state index is 12.9. The van der Waals surface area contributed by atoms with Crippen LogP contribution in [0.5, 0.6) is 5.75 Å². The van der Waals surface area contributed by atoms with Gasteiger partial charge in [-0.1, -0.05) is 16.8 Å². The minimum absolute atomic E-state index is 0.0536. The van der Waals surface area contributed by atoms with Gasteiger partial charge in [-0.15, -0.1) is 0 Å². The van der Waals surface area contributed by atoms with Crippen LogP contribution in [0.2, 0.25) is 5.02 Å². The maximum atomic E-state index is 12.9. The number of rotatable bonds is 6. The lowest BCUT2D eigenvalue weighted by Crippen LogP contribution is -2.15. The average Bonchev–Trinajstić information content (AvgIpc) is 3.15. The molecule has 0 fully saturated rings. The summed E-state index contributed by atoms with van der Waals surface area (Å²) in [5, 5.41) is 4.16. The van der Waals surface area contributed by atoms with E-state index < -0.39 is 11.8 Å². The van der Waals surface area contributed by atoms with Crippen LogP contribution < -0.4 is 10.5 Å². The molecule has 2 N–H and O–H groups in total. The first-order chi connectivity index (χ1) is 13.4. The number of nitrogens with two attached hydrogens (primary N) is 1. The van der Waals surface area contributed by atoms with Crippen LogP contribution in [0.15, 0.2) is 64.2 Å². The number of ether oxygens (including phenoxy) is 1. The van der Waals surface area contributed by atoms with Gasteiger partial charge < -0.3 is 19.7 Å². The second kappa shape index (κ2) is 8.58. The van der Waals surface area contributed by atoms with E-state index >= 15 is 0 Å². The monoisotopic (exact) mass is 402 g/mol. The molecule has 0 radical (unpaired) electrons. The number of amidine groups is 1. The Kier molecular flexibility index (Phi) is 5.96. The van der Waals surface area contributed by atoms with Crippen molar-refractivity contribution in [2.24, 2.45) is 10.9 Å². The van der Waals surface area contributed by atoms with E-state index in [1.54, 1.807) is 24.3 Å². The molecular formula is C20H16ClFN2O4. The van der Waals surface area contributed by atoms with E-state index in [0.717, 1.165) is 5.56 Å². The minimum Gasteiger partial charge on any atom is -0.485 e. The highest BCUT2D eigenvalue weighted by Gasteiger charge is 2.14. The van der Waals surface area contributed by atoms with Gasteiger partial charge in [-0.25, -0.2) is 9.18 Å². The summed E-state index contributed by atoms with van der Waals surface area (Å²) < 4.78 is 24.0. The third-order valence-electron chi connectivity index (χ3n) is 3.74. The molecule has 1 heterocycles. The molecule has 0 spiro atoms. The molecule has 28 heavy (non-hydrogen) atoms. The van der Waals surface area contributed by atoms with Crippen molar-refractivity contribution >= 4 is 23.4 Å². The van der Waals surface area contributed by atoms with Gasteiger partial charge in [0, 0.05) is 10.6 Å². The van der Waals surface area contributed by atoms with Gasteiger partial charge in [-0.05, 0) is 67.1 Å². The fourth-order valence-corrected chi connectivity index (χ4v) is 2.52. The molecule has 0 bridgehead atoms. The zero-order valence-corrected chi connectivity index (χ0v) is 15.6. The van der Waals surface area contributed by atoms with Crippen LogP contribution >= 0.6 is 11.6 Å². The molecular weight excluding hydrogens is 387 g/mol. The first-order valence-electron chi connectivity index (χ1n) is 8.21. The van der Waals surface area contributed by atoms with Gasteiger partial charge in [0.2, 0.25) is 5.76 Å². The zero-order valence-electron chi connectivity index (χ0n) is 14.8. The van der Waals surface area contributed by atoms with Gasteiger partial charge >= 0.3 is 5.97 Å². The number of aryl methyl sites for hydroxylation is 1. The molecule has 0 amide bonds. The standard InChI is InChI=1S/C20H16ClFN2O4/c1-12-10-14(21)4-8-17(12)26-11-16-7-9-18(27-16)20(25)28-24-19(23)13-2-5-15(22)6-3-13/h2-10H,11H2,1H3,(H2,23,24). The van der Waals surface area contributed by atoms with E-state index in [4.69, 9.17) is 31.3 Å². The summed E-state index contributed by atoms with van der Waals surface area (Å²) in [5.74, 6) is -0.270. The second-order valence-corrected chi connectivity index (χ2v) is 6.26. The molecule has 0 saturated heterocycles. The number of hydrogen-bond acceptors (Lipinski definition) is 5. The molecule has 8 heteroatoms. The summed E-state index contributed by atoms with van der Waals surface area (Å²) in [4.78, 5) is 16.8. The van der Waals surface area contributed by atoms with Crippen molar-refractivity contribution in [2.45, 2.75) is 13.5 Å². The van der Waals surface area contributed by atoms with E-state index in [2.05, 4.69) is 5.16 Å². The molecule has 1 aromatic heterocycles. The third kappa shape index (κ3) is 4.89. The average molecular weight is 403 g/mol. The largest absolute Gasteiger partial charge is 0.485 e. The number of carbonyl (C=O) groups is 1. The van der Waals surface area contributed by atoms with E-state index in [-0.39, 0.29) is 18.2 Å². The predicted octanol–water partition coefficient (Wildman–Crippen LogP) is 4.44. The van der Waals surface area contributed by atoms with E-state index in [1.165, 1.54) is 30.3 Å². The lowest BCUT2D eigenvalue weighted by molar-refractivity contribution is 0.0475. The third-order valence-corrected chi connectivity index (χ3v) is 3.97. The molecule has 0 aliphatic carbocycles. The Labute approximate surface area is 165 Å². The Morgan fingerprint density at radius 2 is 1.93 bits per heavy atom. The molecule has 3 rings (SSSR count). The van der Waals surface area contributed by atoms with Crippen LogP contribution in [-0.2, 0) is 11.4 Å². The number of furan rings is 1. The van der Waals surface area contributed by atoms with Crippen LogP contribution in [0.4, 0.5) is 4.39 Å². The van der Waals surface area contributed by atoms with Gasteiger partial charge in [0.15, 0.2) is 5.84 Å². The summed E-state index contributed by atoms with van der Waals surface area (Å²) in [6.07, 6.45) is 0. The number of carbonyl (C=O) groups excluding carboxylic acids is 1. The Bertz CT molecular complexity index is 1020. The predicted molar refractivity (Wildman–Crippen MR) is 102 cm³/mol. The fraction of sp³-hybridized carbons (Fsp3) is 0.100. The molecule has 0 aliphatic rings. The number of oxime groups is 1. The van der Waals surface area contributed by atoms with Crippen molar-refractivity contribution in [3.8, 4) is 5.75 Å². The highest BCUT2D eigenvalue weighted by molar-refractivity contribution is 6.30. The molecule has 0 saturated carbocycles. The van der Waals surface area contributed by atoms with E-state index in [9.17, 15) is 9.18 Å². The first kappa shape index (κ1) is 19.4. The fourth-order valence-electron chi connectivity index (χ4n) is 2.30. The number of hydrogen-bond donors (Lipinski definition) is 1. The van der Waals surface area contributed by atoms with Crippen LogP contribution in [0, 0.1) is 12.7 Å². The van der Waals surface area contributed by atoms with Crippen LogP contribution in [0.3, 0.4) is 0 Å². The first-order valence-corrected chi connectivity index (χ1v) is 8.58. The van der Waals surface area contributed by atoms with Gasteiger partial charge in [0.1, 0.15) is 23.9 Å². The topological polar surface area (TPSA) is 87.0 Å². The SMILES string of the molecule is Cc1cc(Cl)ccc1OCc1ccc(C(=O)O/N=C(\N)c2ccc(F)cc2)o1. The molecule has 144 valence electrons. The van der Waals surface area contributed by atoms with Crippen molar-refractivity contribution < 1.29 is 23.2 Å². The molecule has 3 aromatic rings. The van der Waals surface area contributed by atoms with Crippen molar-refractivity contribution in [2.75, 3.05) is 0 Å². The van der Waals surface area contributed by atoms with Crippen LogP contribution in [0.25, 0.3) is 0 Å². The number of nitrogens with zero attached hydrogens (tertiary/aromatic N) is 1. The Hall–Kier alpha value is -3.32. The van der Waals surface area contributed by atoms with Crippen LogP contribution in [0.1, 0.15) is 27.4 Å². The van der Waals surface area contributed by atoms with Gasteiger partial charge in [-0.2, -0.15) is 0 Å². The van der Waals surface area contributed by atoms with E-state index in [0.29, 0.717) is 22.1 Å². The van der Waals surface area contributed by atoms with Crippen molar-refractivity contribution in [1.29, 1.82) is 0 Å². The summed E-state index contributed by atoms with van der Waals surface area (Å²) in [6, 6.07) is 13.6. The lowest BCUT2D eigenvalue weighted by atomic mass is 10.2. The molecule has 0 atom stereocenters. The van der Waals surface area contributed by atoms with E-state index in [1.807, 2.05) is 6.92 Å². The van der Waals surface area contributed by atoms with Crippen molar-refractivity contribution in [3.05, 3.63) is 88.1 Å². The minimum atomic E-state index is -0.820. The highest BCUT2D eigenvalue weighted by Crippen LogP contribution is 2.23. The number of halogens is 2. The van der Waals surface area contributed by atoms with Crippen LogP contribution in [-0.4, -0.2) is 11.8 Å². The Balaban J connectivity index is 1.59. The summed E-state index contributed by atoms with van der Waals surface area (Å²) in [6.45, 7) is 1.99. The van der Waals surface area contributed by atoms with Gasteiger partial charge in [0.25, 0.3) is 0 Å². The molecule has 2 aromatic carbocycles. The number of benzene rings is 2. The second-order valence-electron chi connectivity index (χ2n) is 5.83. The lowest BCUT2D eigenvalue weighted by Gasteiger charge is -2.07. The molecule has 0 aliphatic heterocycles. The zero-order chi connectivity index (χ0) is 20.1. The Morgan fingerprint density at radius 1 is 1.18 bits per heavy atom.